The summed E-state index contributed by atoms with van der Waals surface area (Å²) in [6, 6.07) is 14.3. The molecule has 0 aliphatic rings. The van der Waals surface area contributed by atoms with Gasteiger partial charge in [-0.3, -0.25) is 10.1 Å². The van der Waals surface area contributed by atoms with Crippen molar-refractivity contribution in [1.29, 1.82) is 0 Å². The van der Waals surface area contributed by atoms with E-state index in [0.717, 1.165) is 27.8 Å². The minimum Gasteiger partial charge on any atom is -0.428 e. The number of nitrogens with one attached hydrogen (secondary N) is 1. The smallest absolute Gasteiger partial charge is 0.301 e. The van der Waals surface area contributed by atoms with E-state index in [2.05, 4.69) is 10.3 Å². The van der Waals surface area contributed by atoms with Crippen molar-refractivity contribution < 1.29 is 9.21 Å². The van der Waals surface area contributed by atoms with Gasteiger partial charge in [-0.1, -0.05) is 42.5 Å². The highest BCUT2D eigenvalue weighted by molar-refractivity contribution is 5.95. The van der Waals surface area contributed by atoms with Gasteiger partial charge >= 0.3 is 6.01 Å². The van der Waals surface area contributed by atoms with Gasteiger partial charge in [-0.05, 0) is 30.2 Å². The van der Waals surface area contributed by atoms with Crippen LogP contribution >= 0.6 is 0 Å². The summed E-state index contributed by atoms with van der Waals surface area (Å²) in [5.74, 6) is 0.586. The van der Waals surface area contributed by atoms with E-state index in [4.69, 9.17) is 4.42 Å². The summed E-state index contributed by atoms with van der Waals surface area (Å²) in [4.78, 5) is 16.3. The van der Waals surface area contributed by atoms with Crippen molar-refractivity contribution in [2.45, 2.75) is 20.3 Å². The Balaban J connectivity index is 1.80. The second kappa shape index (κ2) is 5.40. The monoisotopic (exact) mass is 280 g/mol. The molecule has 1 amide bonds. The fraction of sp³-hybridized carbons (Fsp3) is 0.176. The van der Waals surface area contributed by atoms with E-state index >= 15 is 0 Å². The minimum absolute atomic E-state index is 0.132. The van der Waals surface area contributed by atoms with E-state index in [9.17, 15) is 4.79 Å². The number of aryl methyl sites for hydroxylation is 2. The van der Waals surface area contributed by atoms with Crippen molar-refractivity contribution in [3.63, 3.8) is 0 Å². The molecule has 0 bridgehead atoms. The quantitative estimate of drug-likeness (QED) is 0.797. The highest BCUT2D eigenvalue weighted by Gasteiger charge is 2.11. The summed E-state index contributed by atoms with van der Waals surface area (Å²) in [5.41, 5.74) is 1.78. The van der Waals surface area contributed by atoms with Crippen LogP contribution in [0.5, 0.6) is 0 Å². The van der Waals surface area contributed by atoms with Crippen LogP contribution < -0.4 is 5.32 Å². The van der Waals surface area contributed by atoms with Crippen LogP contribution in [0, 0.1) is 13.8 Å². The van der Waals surface area contributed by atoms with Crippen LogP contribution in [0.15, 0.2) is 46.9 Å². The molecule has 0 radical (unpaired) electrons. The summed E-state index contributed by atoms with van der Waals surface area (Å²) in [6.07, 6.45) is 0.293. The topological polar surface area (TPSA) is 55.1 Å². The van der Waals surface area contributed by atoms with Crippen molar-refractivity contribution in [1.82, 2.24) is 4.98 Å². The maximum atomic E-state index is 12.1. The molecule has 0 fully saturated rings. The van der Waals surface area contributed by atoms with E-state index < -0.39 is 0 Å². The minimum atomic E-state index is -0.132. The zero-order valence-electron chi connectivity index (χ0n) is 12.0. The molecule has 0 saturated carbocycles. The van der Waals surface area contributed by atoms with Crippen LogP contribution in [0.25, 0.3) is 10.8 Å². The van der Waals surface area contributed by atoms with Gasteiger partial charge < -0.3 is 4.42 Å². The van der Waals surface area contributed by atoms with Gasteiger partial charge in [-0.2, -0.15) is 4.98 Å². The normalized spacial score (nSPS) is 10.8. The molecule has 0 aliphatic heterocycles. The van der Waals surface area contributed by atoms with Gasteiger partial charge in [0.05, 0.1) is 12.1 Å². The SMILES string of the molecule is Cc1nc(NC(=O)Cc2cccc3ccccc23)oc1C. The Morgan fingerprint density at radius 2 is 1.90 bits per heavy atom. The molecule has 3 rings (SSSR count). The number of benzene rings is 2. The largest absolute Gasteiger partial charge is 0.428 e. The predicted molar refractivity (Wildman–Crippen MR) is 82.3 cm³/mol. The number of hydrogen-bond acceptors (Lipinski definition) is 3. The zero-order chi connectivity index (χ0) is 14.8. The average molecular weight is 280 g/mol. The summed E-state index contributed by atoms with van der Waals surface area (Å²) in [7, 11) is 0. The maximum Gasteiger partial charge on any atom is 0.301 e. The average Bonchev–Trinajstić information content (AvgIpc) is 2.77. The van der Waals surface area contributed by atoms with Crippen LogP contribution in [0.3, 0.4) is 0 Å². The molecule has 1 heterocycles. The Bertz CT molecular complexity index is 781. The molecule has 2 aromatic carbocycles. The maximum absolute atomic E-state index is 12.1. The first kappa shape index (κ1) is 13.4. The van der Waals surface area contributed by atoms with Gasteiger partial charge in [0, 0.05) is 0 Å². The number of anilines is 1. The molecule has 0 atom stereocenters. The van der Waals surface area contributed by atoms with Crippen molar-refractivity contribution in [2.24, 2.45) is 0 Å². The number of aromatic nitrogens is 1. The van der Waals surface area contributed by atoms with E-state index in [1.54, 1.807) is 0 Å². The molecule has 3 aromatic rings. The second-order valence-corrected chi connectivity index (χ2v) is 5.02. The number of oxazole rings is 1. The molecular formula is C17H16N2O2. The first-order valence-corrected chi connectivity index (χ1v) is 6.84. The van der Waals surface area contributed by atoms with E-state index in [1.165, 1.54) is 0 Å². The van der Waals surface area contributed by atoms with Crippen LogP contribution in [0.4, 0.5) is 6.01 Å². The van der Waals surface area contributed by atoms with Gasteiger partial charge in [-0.15, -0.1) is 0 Å². The number of rotatable bonds is 3. The Morgan fingerprint density at radius 1 is 1.14 bits per heavy atom. The Kier molecular flexibility index (Phi) is 3.44. The van der Waals surface area contributed by atoms with Crippen molar-refractivity contribution in [3.05, 3.63) is 59.5 Å². The molecule has 1 aromatic heterocycles. The zero-order valence-corrected chi connectivity index (χ0v) is 12.0. The fourth-order valence-electron chi connectivity index (χ4n) is 2.31. The van der Waals surface area contributed by atoms with Crippen LogP contribution in [-0.2, 0) is 11.2 Å². The number of hydrogen-bond donors (Lipinski definition) is 1. The summed E-state index contributed by atoms with van der Waals surface area (Å²) in [6.45, 7) is 3.67. The van der Waals surface area contributed by atoms with E-state index in [-0.39, 0.29) is 11.9 Å². The van der Waals surface area contributed by atoms with E-state index in [0.29, 0.717) is 6.42 Å². The lowest BCUT2D eigenvalue weighted by Gasteiger charge is -2.06. The molecule has 4 heteroatoms. The van der Waals surface area contributed by atoms with Crippen molar-refractivity contribution >= 4 is 22.7 Å². The molecule has 1 N–H and O–H groups in total. The second-order valence-electron chi connectivity index (χ2n) is 5.02. The Morgan fingerprint density at radius 3 is 2.67 bits per heavy atom. The van der Waals surface area contributed by atoms with Gasteiger partial charge in [0.1, 0.15) is 5.76 Å². The summed E-state index contributed by atoms with van der Waals surface area (Å²) < 4.78 is 5.37. The highest BCUT2D eigenvalue weighted by Crippen LogP contribution is 2.19. The molecule has 0 unspecified atom stereocenters. The molecule has 0 aliphatic carbocycles. The highest BCUT2D eigenvalue weighted by atomic mass is 16.4. The summed E-state index contributed by atoms with van der Waals surface area (Å²) in [5, 5.41) is 4.92. The number of carbonyl (C=O) groups excluding carboxylic acids is 1. The molecule has 21 heavy (non-hydrogen) atoms. The Labute approximate surface area is 122 Å². The predicted octanol–water partition coefficient (Wildman–Crippen LogP) is 3.63. The number of amides is 1. The summed E-state index contributed by atoms with van der Waals surface area (Å²) >= 11 is 0. The number of fused-ring (bicyclic) bond motifs is 1. The third-order valence-electron chi connectivity index (χ3n) is 3.51. The van der Waals surface area contributed by atoms with Gasteiger partial charge in [0.15, 0.2) is 0 Å². The van der Waals surface area contributed by atoms with Gasteiger partial charge in [0.2, 0.25) is 5.91 Å². The fourth-order valence-corrected chi connectivity index (χ4v) is 2.31. The van der Waals surface area contributed by atoms with Crippen LogP contribution in [-0.4, -0.2) is 10.9 Å². The van der Waals surface area contributed by atoms with Gasteiger partial charge in [0.25, 0.3) is 0 Å². The molecular weight excluding hydrogens is 264 g/mol. The molecule has 4 nitrogen and oxygen atoms in total. The molecule has 0 saturated heterocycles. The first-order chi connectivity index (χ1) is 10.1. The van der Waals surface area contributed by atoms with Gasteiger partial charge in [-0.25, -0.2) is 0 Å². The lowest BCUT2D eigenvalue weighted by atomic mass is 10.0. The molecule has 0 spiro atoms. The standard InChI is InChI=1S/C17H16N2O2/c1-11-12(2)21-17(18-11)19-16(20)10-14-8-5-7-13-6-3-4-9-15(13)14/h3-9H,10H2,1-2H3,(H,18,19,20). The van der Waals surface area contributed by atoms with Crippen molar-refractivity contribution in [3.8, 4) is 0 Å². The Hall–Kier alpha value is -2.62. The van der Waals surface area contributed by atoms with E-state index in [1.807, 2.05) is 56.3 Å². The third kappa shape index (κ3) is 2.79. The van der Waals surface area contributed by atoms with Crippen LogP contribution in [0.2, 0.25) is 0 Å². The number of nitrogens with zero attached hydrogens (tertiary/aromatic N) is 1. The molecule has 106 valence electrons. The number of carbonyl (C=O) groups is 1. The van der Waals surface area contributed by atoms with Crippen LogP contribution in [0.1, 0.15) is 17.0 Å². The lowest BCUT2D eigenvalue weighted by molar-refractivity contribution is -0.115. The lowest BCUT2D eigenvalue weighted by Crippen LogP contribution is -2.14. The first-order valence-electron chi connectivity index (χ1n) is 6.84. The van der Waals surface area contributed by atoms with Crippen molar-refractivity contribution in [2.75, 3.05) is 5.32 Å². The third-order valence-corrected chi connectivity index (χ3v) is 3.51.